The van der Waals surface area contributed by atoms with E-state index >= 15 is 0 Å². The Bertz CT molecular complexity index is 1590. The smallest absolute Gasteiger partial charge is 0.343 e. The van der Waals surface area contributed by atoms with Gasteiger partial charge in [-0.25, -0.2) is 14.6 Å². The highest BCUT2D eigenvalue weighted by Gasteiger charge is 2.44. The zero-order chi connectivity index (χ0) is 25.6. The van der Waals surface area contributed by atoms with Crippen LogP contribution in [0.25, 0.3) is 16.8 Å². The maximum atomic E-state index is 13.8. The predicted molar refractivity (Wildman–Crippen MR) is 147 cm³/mol. The predicted octanol–water partition coefficient (Wildman–Crippen LogP) is 6.96. The van der Waals surface area contributed by atoms with Crippen molar-refractivity contribution in [3.63, 3.8) is 0 Å². The largest absolute Gasteiger partial charge is 0.506 e. The van der Waals surface area contributed by atoms with Crippen molar-refractivity contribution < 1.29 is 19.5 Å². The molecule has 0 aliphatic carbocycles. The number of phenolic OH excluding ortho intramolecular Hbond substituents is 1. The summed E-state index contributed by atoms with van der Waals surface area (Å²) in [6, 6.07) is 22.1. The lowest BCUT2D eigenvalue weighted by atomic mass is 10.0. The third-order valence-electron chi connectivity index (χ3n) is 5.91. The molecule has 0 saturated carbocycles. The Kier molecular flexibility index (Phi) is 6.24. The van der Waals surface area contributed by atoms with Crippen LogP contribution in [0.1, 0.15) is 11.1 Å². The minimum absolute atomic E-state index is 0.137. The highest BCUT2D eigenvalue weighted by Crippen LogP contribution is 2.37. The Hall–Kier alpha value is -3.75. The zero-order valence-electron chi connectivity index (χ0n) is 18.9. The van der Waals surface area contributed by atoms with Crippen LogP contribution in [0.5, 0.6) is 5.75 Å². The van der Waals surface area contributed by atoms with E-state index in [4.69, 9.17) is 0 Å². The average molecular weight is 606 g/mol. The van der Waals surface area contributed by atoms with E-state index in [-0.39, 0.29) is 16.9 Å². The van der Waals surface area contributed by atoms with Gasteiger partial charge in [0.05, 0.1) is 15.8 Å². The Morgan fingerprint density at radius 1 is 0.806 bits per heavy atom. The summed E-state index contributed by atoms with van der Waals surface area (Å²) < 4.78 is 1.02. The first-order valence-corrected chi connectivity index (χ1v) is 12.5. The third kappa shape index (κ3) is 4.12. The van der Waals surface area contributed by atoms with E-state index in [2.05, 4.69) is 31.9 Å². The average Bonchev–Trinajstić information content (AvgIpc) is 2.86. The van der Waals surface area contributed by atoms with Gasteiger partial charge in [-0.1, -0.05) is 70.0 Å². The lowest BCUT2D eigenvalue weighted by molar-refractivity contribution is -0.121. The second-order valence-corrected chi connectivity index (χ2v) is 10.1. The van der Waals surface area contributed by atoms with Gasteiger partial charge < -0.3 is 5.11 Å². The van der Waals surface area contributed by atoms with E-state index < -0.39 is 17.8 Å². The van der Waals surface area contributed by atoms with E-state index in [1.165, 1.54) is 6.08 Å². The number of urea groups is 1. The van der Waals surface area contributed by atoms with Gasteiger partial charge in [0.15, 0.2) is 0 Å². The van der Waals surface area contributed by atoms with Crippen molar-refractivity contribution in [1.82, 2.24) is 0 Å². The van der Waals surface area contributed by atoms with E-state index in [9.17, 15) is 19.5 Å². The van der Waals surface area contributed by atoms with Crippen LogP contribution in [0.3, 0.4) is 0 Å². The fourth-order valence-electron chi connectivity index (χ4n) is 4.12. The first kappa shape index (κ1) is 24.0. The molecule has 4 aromatic rings. The Labute approximate surface area is 223 Å². The molecule has 1 heterocycles. The molecule has 1 saturated heterocycles. The minimum atomic E-state index is -0.778. The standard InChI is InChI=1S/C28H18Br2N2O4/c1-16-9-11-20(12-10-16)31-26(34)22(14-18-13-19(29)15-23(30)25(18)33)27(35)32(28(31)36)24-8-4-6-17-5-2-3-7-21(17)24/h2-15,33H,1H3/b22-14+. The van der Waals surface area contributed by atoms with Crippen molar-refractivity contribution in [1.29, 1.82) is 0 Å². The summed E-state index contributed by atoms with van der Waals surface area (Å²) in [5, 5.41) is 12.1. The number of fused-ring (bicyclic) bond motifs is 1. The Morgan fingerprint density at radius 2 is 1.47 bits per heavy atom. The summed E-state index contributed by atoms with van der Waals surface area (Å²) in [5.41, 5.74) is 1.63. The molecule has 8 heteroatoms. The molecule has 36 heavy (non-hydrogen) atoms. The van der Waals surface area contributed by atoms with Crippen LogP contribution in [-0.4, -0.2) is 23.0 Å². The summed E-state index contributed by atoms with van der Waals surface area (Å²) in [7, 11) is 0. The number of aromatic hydroxyl groups is 1. The third-order valence-corrected chi connectivity index (χ3v) is 6.97. The number of hydrogen-bond acceptors (Lipinski definition) is 4. The van der Waals surface area contributed by atoms with Crippen LogP contribution in [0.4, 0.5) is 16.2 Å². The maximum Gasteiger partial charge on any atom is 0.343 e. The molecular weight excluding hydrogens is 588 g/mol. The van der Waals surface area contributed by atoms with Crippen molar-refractivity contribution in [2.75, 3.05) is 9.80 Å². The van der Waals surface area contributed by atoms with Gasteiger partial charge in [0.2, 0.25) is 0 Å². The van der Waals surface area contributed by atoms with Gasteiger partial charge in [-0.15, -0.1) is 0 Å². The second-order valence-electron chi connectivity index (χ2n) is 8.28. The molecule has 6 nitrogen and oxygen atoms in total. The summed E-state index contributed by atoms with van der Waals surface area (Å²) in [6.45, 7) is 1.90. The van der Waals surface area contributed by atoms with Gasteiger partial charge in [-0.2, -0.15) is 0 Å². The van der Waals surface area contributed by atoms with Crippen LogP contribution in [-0.2, 0) is 9.59 Å². The number of nitrogens with zero attached hydrogens (tertiary/aromatic N) is 2. The molecule has 0 unspecified atom stereocenters. The highest BCUT2D eigenvalue weighted by molar-refractivity contribution is 9.11. The van der Waals surface area contributed by atoms with Crippen molar-refractivity contribution >= 4 is 77.9 Å². The number of halogens is 2. The van der Waals surface area contributed by atoms with Gasteiger partial charge >= 0.3 is 6.03 Å². The molecule has 0 atom stereocenters. The molecule has 0 bridgehead atoms. The molecule has 4 amide bonds. The number of anilines is 2. The van der Waals surface area contributed by atoms with Crippen LogP contribution < -0.4 is 9.80 Å². The first-order valence-electron chi connectivity index (χ1n) is 10.9. The number of carbonyl (C=O) groups excluding carboxylic acids is 3. The molecule has 5 rings (SSSR count). The number of barbiturate groups is 1. The van der Waals surface area contributed by atoms with Gasteiger partial charge in [0, 0.05) is 15.4 Å². The van der Waals surface area contributed by atoms with Crippen molar-refractivity contribution in [3.05, 3.63) is 105 Å². The van der Waals surface area contributed by atoms with Gasteiger partial charge in [0.1, 0.15) is 11.3 Å². The second kappa shape index (κ2) is 9.37. The summed E-state index contributed by atoms with van der Waals surface area (Å²) in [4.78, 5) is 43.2. The lowest BCUT2D eigenvalue weighted by Crippen LogP contribution is -2.57. The molecule has 1 N–H and O–H groups in total. The van der Waals surface area contributed by atoms with Gasteiger partial charge in [0.25, 0.3) is 11.8 Å². The van der Waals surface area contributed by atoms with Gasteiger partial charge in [-0.3, -0.25) is 9.59 Å². The van der Waals surface area contributed by atoms with Crippen LogP contribution in [0.2, 0.25) is 0 Å². The zero-order valence-corrected chi connectivity index (χ0v) is 22.1. The number of benzene rings is 4. The molecule has 1 aliphatic heterocycles. The number of carbonyl (C=O) groups is 3. The first-order chi connectivity index (χ1) is 17.3. The van der Waals surface area contributed by atoms with E-state index in [0.29, 0.717) is 25.7 Å². The number of rotatable bonds is 3. The SMILES string of the molecule is Cc1ccc(N2C(=O)/C(=C\c3cc(Br)cc(Br)c3O)C(=O)N(c3cccc4ccccc34)C2=O)cc1. The lowest BCUT2D eigenvalue weighted by Gasteiger charge is -2.34. The maximum absolute atomic E-state index is 13.8. The van der Waals surface area contributed by atoms with Crippen LogP contribution in [0.15, 0.2) is 93.4 Å². The van der Waals surface area contributed by atoms with Crippen molar-refractivity contribution in [2.24, 2.45) is 0 Å². The fourth-order valence-corrected chi connectivity index (χ4v) is 5.38. The van der Waals surface area contributed by atoms with E-state index in [1.807, 2.05) is 37.3 Å². The molecule has 178 valence electrons. The molecule has 0 radical (unpaired) electrons. The quantitative estimate of drug-likeness (QED) is 0.202. The van der Waals surface area contributed by atoms with Crippen LogP contribution >= 0.6 is 31.9 Å². The summed E-state index contributed by atoms with van der Waals surface area (Å²) in [5.74, 6) is -1.69. The topological polar surface area (TPSA) is 77.9 Å². The molecular formula is C28H18Br2N2O4. The summed E-state index contributed by atoms with van der Waals surface area (Å²) in [6.07, 6.45) is 1.31. The normalized spacial score (nSPS) is 15.3. The number of amides is 4. The fraction of sp³-hybridized carbons (Fsp3) is 0.0357. The highest BCUT2D eigenvalue weighted by atomic mass is 79.9. The van der Waals surface area contributed by atoms with Gasteiger partial charge in [-0.05, 0) is 64.6 Å². The monoisotopic (exact) mass is 604 g/mol. The number of imide groups is 2. The number of aryl methyl sites for hydroxylation is 1. The Morgan fingerprint density at radius 3 is 2.22 bits per heavy atom. The number of phenols is 1. The molecule has 0 aromatic heterocycles. The molecule has 0 spiro atoms. The molecule has 1 aliphatic rings. The van der Waals surface area contributed by atoms with E-state index in [1.54, 1.807) is 48.5 Å². The minimum Gasteiger partial charge on any atom is -0.506 e. The molecule has 4 aromatic carbocycles. The van der Waals surface area contributed by atoms with E-state index in [0.717, 1.165) is 20.7 Å². The van der Waals surface area contributed by atoms with Crippen molar-refractivity contribution in [3.8, 4) is 5.75 Å². The molecule has 1 fully saturated rings. The van der Waals surface area contributed by atoms with Crippen LogP contribution in [0, 0.1) is 6.92 Å². The Balaban J connectivity index is 1.74. The number of hydrogen-bond donors (Lipinski definition) is 1. The summed E-state index contributed by atoms with van der Waals surface area (Å²) >= 11 is 6.65. The van der Waals surface area contributed by atoms with Crippen molar-refractivity contribution in [2.45, 2.75) is 6.92 Å².